The Hall–Kier alpha value is -1.62. The summed E-state index contributed by atoms with van der Waals surface area (Å²) in [5, 5.41) is 3.47. The van der Waals surface area contributed by atoms with Gasteiger partial charge in [-0.05, 0) is 32.9 Å². The first kappa shape index (κ1) is 12.8. The van der Waals surface area contributed by atoms with E-state index in [2.05, 4.69) is 5.32 Å². The van der Waals surface area contributed by atoms with Crippen LogP contribution < -0.4 is 10.9 Å². The van der Waals surface area contributed by atoms with Crippen LogP contribution in [0.15, 0.2) is 23.1 Å². The van der Waals surface area contributed by atoms with Gasteiger partial charge in [0.1, 0.15) is 6.54 Å². The second-order valence-electron chi connectivity index (χ2n) is 4.61. The Morgan fingerprint density at radius 3 is 2.89 bits per heavy atom. The van der Waals surface area contributed by atoms with Gasteiger partial charge in [-0.1, -0.05) is 0 Å². The number of nitrogens with zero attached hydrogens (tertiary/aromatic N) is 1. The van der Waals surface area contributed by atoms with Crippen LogP contribution in [-0.2, 0) is 11.3 Å². The van der Waals surface area contributed by atoms with Crippen LogP contribution in [0.3, 0.4) is 0 Å². The second kappa shape index (κ2) is 4.94. The van der Waals surface area contributed by atoms with Crippen LogP contribution >= 0.6 is 11.3 Å². The second-order valence-corrected chi connectivity index (χ2v) is 5.89. The van der Waals surface area contributed by atoms with Crippen molar-refractivity contribution in [1.29, 1.82) is 0 Å². The molecule has 4 nitrogen and oxygen atoms in total. The lowest BCUT2D eigenvalue weighted by Gasteiger charge is -2.09. The average molecular weight is 264 g/mol. The molecule has 18 heavy (non-hydrogen) atoms. The Morgan fingerprint density at radius 2 is 2.22 bits per heavy atom. The summed E-state index contributed by atoms with van der Waals surface area (Å²) in [4.78, 5) is 24.9. The SMILES string of the molecule is Cc1cc2c(=O)n(CC(=O)NC(C)C)ccc2s1. The molecule has 2 rings (SSSR count). The van der Waals surface area contributed by atoms with E-state index < -0.39 is 0 Å². The molecular weight excluding hydrogens is 248 g/mol. The fraction of sp³-hybridized carbons (Fsp3) is 0.385. The number of pyridine rings is 1. The summed E-state index contributed by atoms with van der Waals surface area (Å²) in [5.74, 6) is -0.140. The van der Waals surface area contributed by atoms with Crippen molar-refractivity contribution >= 4 is 27.3 Å². The van der Waals surface area contributed by atoms with Crippen molar-refractivity contribution < 1.29 is 4.79 Å². The van der Waals surface area contributed by atoms with Crippen LogP contribution in [0.4, 0.5) is 0 Å². The van der Waals surface area contributed by atoms with Gasteiger partial charge in [-0.25, -0.2) is 0 Å². The molecule has 0 saturated carbocycles. The first-order valence-corrected chi connectivity index (χ1v) is 6.68. The molecule has 0 aromatic carbocycles. The van der Waals surface area contributed by atoms with Crippen LogP contribution in [0, 0.1) is 6.92 Å². The van der Waals surface area contributed by atoms with Crippen molar-refractivity contribution in [2.45, 2.75) is 33.4 Å². The number of hydrogen-bond donors (Lipinski definition) is 1. The van der Waals surface area contributed by atoms with Gasteiger partial charge in [-0.15, -0.1) is 11.3 Å². The fourth-order valence-electron chi connectivity index (χ4n) is 1.85. The Labute approximate surface area is 109 Å². The standard InChI is InChI=1S/C13H16N2O2S/c1-8(2)14-12(16)7-15-5-4-11-10(13(15)17)6-9(3)18-11/h4-6,8H,7H2,1-3H3,(H,14,16). The lowest BCUT2D eigenvalue weighted by atomic mass is 10.3. The molecule has 0 aliphatic rings. The molecule has 0 radical (unpaired) electrons. The Balaban J connectivity index is 2.32. The molecule has 0 bridgehead atoms. The average Bonchev–Trinajstić information content (AvgIpc) is 2.63. The van der Waals surface area contributed by atoms with Crippen molar-refractivity contribution in [1.82, 2.24) is 9.88 Å². The van der Waals surface area contributed by atoms with Crippen molar-refractivity contribution in [2.24, 2.45) is 0 Å². The largest absolute Gasteiger partial charge is 0.352 e. The highest BCUT2D eigenvalue weighted by molar-refractivity contribution is 7.18. The number of thiophene rings is 1. The summed E-state index contributed by atoms with van der Waals surface area (Å²) in [7, 11) is 0. The van der Waals surface area contributed by atoms with Crippen molar-refractivity contribution in [2.75, 3.05) is 0 Å². The van der Waals surface area contributed by atoms with E-state index in [9.17, 15) is 9.59 Å². The highest BCUT2D eigenvalue weighted by Gasteiger charge is 2.09. The van der Waals surface area contributed by atoms with Gasteiger partial charge in [-0.2, -0.15) is 0 Å². The van der Waals surface area contributed by atoms with E-state index >= 15 is 0 Å². The van der Waals surface area contributed by atoms with Crippen molar-refractivity contribution in [3.8, 4) is 0 Å². The van der Waals surface area contributed by atoms with E-state index in [0.29, 0.717) is 5.39 Å². The van der Waals surface area contributed by atoms with E-state index in [1.165, 1.54) is 4.57 Å². The quantitative estimate of drug-likeness (QED) is 0.920. The Bertz CT molecular complexity index is 640. The Kier molecular flexibility index (Phi) is 3.52. The van der Waals surface area contributed by atoms with E-state index in [0.717, 1.165) is 9.58 Å². The molecule has 2 heterocycles. The number of hydrogen-bond acceptors (Lipinski definition) is 3. The maximum Gasteiger partial charge on any atom is 0.259 e. The molecule has 0 aliphatic heterocycles. The van der Waals surface area contributed by atoms with E-state index in [1.54, 1.807) is 17.5 Å². The van der Waals surface area contributed by atoms with E-state index in [1.807, 2.05) is 32.9 Å². The Morgan fingerprint density at radius 1 is 1.50 bits per heavy atom. The van der Waals surface area contributed by atoms with Crippen molar-refractivity contribution in [3.63, 3.8) is 0 Å². The van der Waals surface area contributed by atoms with Gasteiger partial charge in [0.05, 0.1) is 5.39 Å². The van der Waals surface area contributed by atoms with Gasteiger partial charge < -0.3 is 9.88 Å². The molecular formula is C13H16N2O2S. The maximum atomic E-state index is 12.2. The number of rotatable bonds is 3. The molecule has 0 atom stereocenters. The number of aryl methyl sites for hydroxylation is 1. The predicted molar refractivity (Wildman–Crippen MR) is 74.1 cm³/mol. The zero-order valence-electron chi connectivity index (χ0n) is 10.7. The zero-order valence-corrected chi connectivity index (χ0v) is 11.5. The first-order chi connectivity index (χ1) is 8.47. The molecule has 0 aliphatic carbocycles. The lowest BCUT2D eigenvalue weighted by molar-refractivity contribution is -0.122. The molecule has 0 spiro atoms. The van der Waals surface area contributed by atoms with Crippen LogP contribution in [0.25, 0.3) is 10.1 Å². The normalized spacial score (nSPS) is 11.1. The summed E-state index contributed by atoms with van der Waals surface area (Å²) >= 11 is 1.59. The van der Waals surface area contributed by atoms with Crippen molar-refractivity contribution in [3.05, 3.63) is 33.6 Å². The molecule has 2 aromatic heterocycles. The zero-order chi connectivity index (χ0) is 13.3. The minimum atomic E-state index is -0.140. The van der Waals surface area contributed by atoms with Gasteiger partial charge in [0, 0.05) is 21.8 Å². The number of carbonyl (C=O) groups excluding carboxylic acids is 1. The molecule has 2 aromatic rings. The highest BCUT2D eigenvalue weighted by Crippen LogP contribution is 2.21. The topological polar surface area (TPSA) is 51.1 Å². The fourth-order valence-corrected chi connectivity index (χ4v) is 2.76. The number of amides is 1. The summed E-state index contributed by atoms with van der Waals surface area (Å²) in [5.41, 5.74) is -0.101. The number of fused-ring (bicyclic) bond motifs is 1. The van der Waals surface area contributed by atoms with Gasteiger partial charge in [-0.3, -0.25) is 9.59 Å². The monoisotopic (exact) mass is 264 g/mol. The van der Waals surface area contributed by atoms with Gasteiger partial charge in [0.15, 0.2) is 0 Å². The summed E-state index contributed by atoms with van der Waals surface area (Å²) in [6.45, 7) is 5.83. The summed E-state index contributed by atoms with van der Waals surface area (Å²) in [6, 6.07) is 3.84. The summed E-state index contributed by atoms with van der Waals surface area (Å²) < 4.78 is 2.42. The molecule has 0 saturated heterocycles. The van der Waals surface area contributed by atoms with Gasteiger partial charge in [0.25, 0.3) is 5.56 Å². The van der Waals surface area contributed by atoms with Crippen LogP contribution in [0.5, 0.6) is 0 Å². The predicted octanol–water partition coefficient (Wildman–Crippen LogP) is 1.90. The molecule has 5 heteroatoms. The third-order valence-corrected chi connectivity index (χ3v) is 3.56. The molecule has 0 unspecified atom stereocenters. The van der Waals surface area contributed by atoms with Gasteiger partial charge in [0.2, 0.25) is 5.91 Å². The van der Waals surface area contributed by atoms with Crippen LogP contribution in [0.2, 0.25) is 0 Å². The summed E-state index contributed by atoms with van der Waals surface area (Å²) in [6.07, 6.45) is 1.68. The van der Waals surface area contributed by atoms with Crippen LogP contribution in [0.1, 0.15) is 18.7 Å². The van der Waals surface area contributed by atoms with E-state index in [-0.39, 0.29) is 24.1 Å². The minimum Gasteiger partial charge on any atom is -0.352 e. The smallest absolute Gasteiger partial charge is 0.259 e. The number of carbonyl (C=O) groups is 1. The number of aromatic nitrogens is 1. The highest BCUT2D eigenvalue weighted by atomic mass is 32.1. The third kappa shape index (κ3) is 2.61. The number of nitrogens with one attached hydrogen (secondary N) is 1. The van der Waals surface area contributed by atoms with Gasteiger partial charge >= 0.3 is 0 Å². The lowest BCUT2D eigenvalue weighted by Crippen LogP contribution is -2.35. The maximum absolute atomic E-state index is 12.2. The van der Waals surface area contributed by atoms with E-state index in [4.69, 9.17) is 0 Å². The van der Waals surface area contributed by atoms with Crippen LogP contribution in [-0.4, -0.2) is 16.5 Å². The molecule has 96 valence electrons. The first-order valence-electron chi connectivity index (χ1n) is 5.86. The molecule has 1 amide bonds. The molecule has 1 N–H and O–H groups in total. The molecule has 0 fully saturated rings. The third-order valence-electron chi connectivity index (χ3n) is 2.54. The minimum absolute atomic E-state index is 0.0713.